The third-order valence-corrected chi connectivity index (χ3v) is 7.22. The van der Waals surface area contributed by atoms with Crippen molar-refractivity contribution in [3.63, 3.8) is 0 Å². The molecule has 2 aliphatic heterocycles. The maximum Gasteiger partial charge on any atom is 0.276 e. The Hall–Kier alpha value is -3.78. The zero-order valence-electron chi connectivity index (χ0n) is 18.4. The van der Waals surface area contributed by atoms with E-state index in [0.717, 1.165) is 16.2 Å². The third kappa shape index (κ3) is 5.02. The molecule has 2 atom stereocenters. The van der Waals surface area contributed by atoms with Gasteiger partial charge in [0.2, 0.25) is 6.41 Å². The highest BCUT2D eigenvalue weighted by molar-refractivity contribution is 8.00. The summed E-state index contributed by atoms with van der Waals surface area (Å²) in [6, 6.07) is 4.52. The monoisotopic (exact) mass is 516 g/mol. The van der Waals surface area contributed by atoms with E-state index in [1.807, 2.05) is 18.2 Å². The first kappa shape index (κ1) is 24.3. The minimum atomic E-state index is -1.45. The number of rotatable bonds is 10. The number of carbonyl (C=O) groups excluding carboxylic acids is 4. The van der Waals surface area contributed by atoms with Crippen LogP contribution >= 0.6 is 23.1 Å². The second-order valence-electron chi connectivity index (χ2n) is 7.31. The number of nitrogens with one attached hydrogen (secondary N) is 2. The number of pyridine rings is 1. The van der Waals surface area contributed by atoms with Gasteiger partial charge < -0.3 is 25.4 Å². The number of carboxylic acid groups (broad SMARTS) is 1. The van der Waals surface area contributed by atoms with Crippen LogP contribution < -0.4 is 20.3 Å². The van der Waals surface area contributed by atoms with Gasteiger partial charge in [-0.15, -0.1) is 23.1 Å². The minimum Gasteiger partial charge on any atom is -0.543 e. The fraction of sp³-hybridized carbons (Fsp3) is 0.286. The van der Waals surface area contributed by atoms with Gasteiger partial charge >= 0.3 is 0 Å². The fourth-order valence-corrected chi connectivity index (χ4v) is 5.59. The van der Waals surface area contributed by atoms with Gasteiger partial charge in [0.1, 0.15) is 23.7 Å². The highest BCUT2D eigenvalue weighted by atomic mass is 32.2. The molecular formula is C21H20N6O6S2. The van der Waals surface area contributed by atoms with Crippen molar-refractivity contribution in [2.24, 2.45) is 5.16 Å². The van der Waals surface area contributed by atoms with Crippen LogP contribution in [0.5, 0.6) is 0 Å². The van der Waals surface area contributed by atoms with Gasteiger partial charge in [-0.2, -0.15) is 0 Å². The summed E-state index contributed by atoms with van der Waals surface area (Å²) in [5.41, 5.74) is 0.346. The number of amides is 3. The number of thioether (sulfide) groups is 1. The molecule has 0 aliphatic carbocycles. The van der Waals surface area contributed by atoms with Gasteiger partial charge in [0, 0.05) is 28.8 Å². The number of nitrogens with zero attached hydrogens (tertiary/aromatic N) is 4. The van der Waals surface area contributed by atoms with Gasteiger partial charge in [0.25, 0.3) is 11.8 Å². The Balaban J connectivity index is 1.52. The molecule has 12 nitrogen and oxygen atoms in total. The van der Waals surface area contributed by atoms with Crippen molar-refractivity contribution in [3.8, 4) is 0 Å². The zero-order valence-corrected chi connectivity index (χ0v) is 20.0. The summed E-state index contributed by atoms with van der Waals surface area (Å²) < 4.78 is 1.81. The topological polar surface area (TPSA) is 157 Å². The number of hydrogen-bond donors (Lipinski definition) is 2. The van der Waals surface area contributed by atoms with Crippen molar-refractivity contribution in [2.45, 2.75) is 24.9 Å². The molecule has 1 saturated heterocycles. The van der Waals surface area contributed by atoms with Crippen molar-refractivity contribution in [2.75, 3.05) is 17.7 Å². The van der Waals surface area contributed by atoms with Crippen LogP contribution in [0.15, 0.2) is 52.4 Å². The molecule has 2 aromatic heterocycles. The Morgan fingerprint density at radius 3 is 2.83 bits per heavy atom. The van der Waals surface area contributed by atoms with Crippen LogP contribution in [0.3, 0.4) is 0 Å². The normalized spacial score (nSPS) is 19.5. The van der Waals surface area contributed by atoms with E-state index >= 15 is 0 Å². The maximum atomic E-state index is 13.0. The van der Waals surface area contributed by atoms with Crippen LogP contribution in [-0.4, -0.2) is 63.6 Å². The van der Waals surface area contributed by atoms with Crippen molar-refractivity contribution < 1.29 is 33.7 Å². The van der Waals surface area contributed by atoms with E-state index in [2.05, 4.69) is 20.8 Å². The first-order valence-electron chi connectivity index (χ1n) is 10.4. The number of β-lactam (4-membered cyclic amide) rings is 1. The van der Waals surface area contributed by atoms with Gasteiger partial charge in [-0.25, -0.2) is 9.55 Å². The lowest BCUT2D eigenvalue weighted by molar-refractivity contribution is -0.689. The number of aromatic nitrogens is 2. The summed E-state index contributed by atoms with van der Waals surface area (Å²) in [5, 5.41) is 21.9. The molecular weight excluding hydrogens is 496 g/mol. The summed E-state index contributed by atoms with van der Waals surface area (Å²) in [6.45, 7) is 2.17. The molecule has 1 unspecified atom stereocenters. The average Bonchev–Trinajstić information content (AvgIpc) is 3.31. The molecule has 4 rings (SSSR count). The highest BCUT2D eigenvalue weighted by Gasteiger charge is 2.53. The Morgan fingerprint density at radius 2 is 2.14 bits per heavy atom. The number of aliphatic carboxylic acids is 1. The van der Waals surface area contributed by atoms with Gasteiger partial charge in [-0.05, 0) is 6.92 Å². The summed E-state index contributed by atoms with van der Waals surface area (Å²) in [7, 11) is 0. The third-order valence-electron chi connectivity index (χ3n) is 5.11. The Labute approximate surface area is 207 Å². The number of oxime groups is 1. The molecule has 3 amide bonds. The van der Waals surface area contributed by atoms with E-state index in [1.54, 1.807) is 23.9 Å². The predicted octanol–water partition coefficient (Wildman–Crippen LogP) is -1.16. The van der Waals surface area contributed by atoms with Crippen LogP contribution in [-0.2, 0) is 30.6 Å². The molecule has 2 aliphatic rings. The molecule has 0 spiro atoms. The van der Waals surface area contributed by atoms with E-state index in [9.17, 15) is 24.3 Å². The van der Waals surface area contributed by atoms with E-state index in [0.29, 0.717) is 17.7 Å². The van der Waals surface area contributed by atoms with Crippen LogP contribution in [0.2, 0.25) is 0 Å². The molecule has 1 fully saturated rings. The van der Waals surface area contributed by atoms with Crippen LogP contribution in [0.4, 0.5) is 5.13 Å². The van der Waals surface area contributed by atoms with Gasteiger partial charge in [-0.1, -0.05) is 11.2 Å². The zero-order chi connectivity index (χ0) is 24.9. The molecule has 182 valence electrons. The SMILES string of the molecule is CCON=C(C(=O)NC1C(=O)N2C(C(=O)[O-])=C(C[n+]3ccccc3)CS[C@@H]12)c1csc(NC=O)n1. The number of fused-ring (bicyclic) bond motifs is 1. The van der Waals surface area contributed by atoms with Crippen molar-refractivity contribution in [1.82, 2.24) is 15.2 Å². The molecule has 0 bridgehead atoms. The van der Waals surface area contributed by atoms with Crippen molar-refractivity contribution in [3.05, 3.63) is 52.9 Å². The molecule has 14 heteroatoms. The second-order valence-corrected chi connectivity index (χ2v) is 9.27. The Morgan fingerprint density at radius 1 is 1.37 bits per heavy atom. The average molecular weight is 517 g/mol. The van der Waals surface area contributed by atoms with E-state index in [-0.39, 0.29) is 35.4 Å². The molecule has 0 saturated carbocycles. The number of carboxylic acids is 1. The summed E-state index contributed by atoms with van der Waals surface area (Å²) in [6.07, 6.45) is 4.05. The molecule has 2 N–H and O–H groups in total. The summed E-state index contributed by atoms with van der Waals surface area (Å²) in [5.74, 6) is -2.39. The first-order valence-corrected chi connectivity index (χ1v) is 12.4. The number of anilines is 1. The lowest BCUT2D eigenvalue weighted by atomic mass is 10.0. The highest BCUT2D eigenvalue weighted by Crippen LogP contribution is 2.40. The van der Waals surface area contributed by atoms with Gasteiger partial charge in [-0.3, -0.25) is 19.3 Å². The molecule has 2 aromatic rings. The standard InChI is InChI=1S/C21H20N6O6S2/c1-2-33-25-14(13-10-35-21(23-13)22-11-28)17(29)24-15-18(30)27-16(20(31)32)12(9-34-19(15)27)8-26-6-4-3-5-7-26/h3-7,10-11,15,19H,2,8-9H2,1H3,(H2-,22,23,24,28,29,31,32)/t15?,19-/m0/s1. The number of hydrogen-bond acceptors (Lipinski definition) is 10. The largest absolute Gasteiger partial charge is 0.543 e. The lowest BCUT2D eigenvalue weighted by Gasteiger charge is -2.50. The van der Waals surface area contributed by atoms with E-state index in [1.165, 1.54) is 17.1 Å². The molecule has 0 radical (unpaired) electrons. The minimum absolute atomic E-state index is 0.155. The molecule has 35 heavy (non-hydrogen) atoms. The van der Waals surface area contributed by atoms with Crippen molar-refractivity contribution >= 4 is 58.1 Å². The van der Waals surface area contributed by atoms with E-state index < -0.39 is 29.2 Å². The van der Waals surface area contributed by atoms with Crippen LogP contribution in [0.1, 0.15) is 12.6 Å². The van der Waals surface area contributed by atoms with Crippen molar-refractivity contribution in [1.29, 1.82) is 0 Å². The number of carbonyl (C=O) groups is 4. The lowest BCUT2D eigenvalue weighted by Crippen LogP contribution is -2.71. The summed E-state index contributed by atoms with van der Waals surface area (Å²) >= 11 is 2.43. The van der Waals surface area contributed by atoms with Crippen LogP contribution in [0, 0.1) is 0 Å². The smallest absolute Gasteiger partial charge is 0.276 e. The fourth-order valence-electron chi connectivity index (χ4n) is 3.60. The first-order chi connectivity index (χ1) is 16.9. The summed E-state index contributed by atoms with van der Waals surface area (Å²) in [4.78, 5) is 58.8. The number of thiazole rings is 1. The quantitative estimate of drug-likeness (QED) is 0.132. The van der Waals surface area contributed by atoms with Crippen LogP contribution in [0.25, 0.3) is 0 Å². The second kappa shape index (κ2) is 10.7. The predicted molar refractivity (Wildman–Crippen MR) is 124 cm³/mol. The van der Waals surface area contributed by atoms with Gasteiger partial charge in [0.15, 0.2) is 29.8 Å². The molecule has 4 heterocycles. The Kier molecular flexibility index (Phi) is 7.41. The maximum absolute atomic E-state index is 13.0. The Bertz CT molecular complexity index is 1210. The van der Waals surface area contributed by atoms with Gasteiger partial charge in [0.05, 0.1) is 11.7 Å². The molecule has 0 aromatic carbocycles. The van der Waals surface area contributed by atoms with E-state index in [4.69, 9.17) is 4.84 Å².